The first-order chi connectivity index (χ1) is 14.6. The van der Waals surface area contributed by atoms with Gasteiger partial charge in [0.2, 0.25) is 0 Å². The third kappa shape index (κ3) is 3.50. The zero-order chi connectivity index (χ0) is 20.7. The van der Waals surface area contributed by atoms with Gasteiger partial charge in [0.15, 0.2) is 5.65 Å². The molecule has 0 atom stereocenters. The summed E-state index contributed by atoms with van der Waals surface area (Å²) in [6, 6.07) is 9.54. The van der Waals surface area contributed by atoms with Crippen molar-refractivity contribution in [2.75, 3.05) is 19.4 Å². The third-order valence-corrected chi connectivity index (χ3v) is 6.29. The summed E-state index contributed by atoms with van der Waals surface area (Å²) in [5, 5.41) is 4.74. The summed E-state index contributed by atoms with van der Waals surface area (Å²) >= 11 is 0. The maximum Gasteiger partial charge on any atom is 0.159 e. The van der Waals surface area contributed by atoms with E-state index in [0.717, 1.165) is 51.9 Å². The standard InChI is InChI=1S/C23H27N7/c1-29(2)18-7-5-17(6-8-18)28-22-19-10-15(4-9-20(19)25-13-26-22)16-11-21-23(24-12-16)30(3)14-27-21/h4,9-14,17-18H,5-8H2,1-3H3,(H,25,26,28)/t17-,18-. The molecule has 3 heterocycles. The normalized spacial score (nSPS) is 19.6. The molecule has 0 spiro atoms. The van der Waals surface area contributed by atoms with Gasteiger partial charge in [0.05, 0.1) is 11.8 Å². The highest BCUT2D eigenvalue weighted by atomic mass is 15.1. The number of nitrogens with zero attached hydrogens (tertiary/aromatic N) is 6. The highest BCUT2D eigenvalue weighted by Gasteiger charge is 2.23. The van der Waals surface area contributed by atoms with Crippen LogP contribution < -0.4 is 5.32 Å². The summed E-state index contributed by atoms with van der Waals surface area (Å²) in [6.45, 7) is 0. The van der Waals surface area contributed by atoms with E-state index in [4.69, 9.17) is 0 Å². The first kappa shape index (κ1) is 18.9. The number of hydrogen-bond donors (Lipinski definition) is 1. The predicted molar refractivity (Wildman–Crippen MR) is 120 cm³/mol. The van der Waals surface area contributed by atoms with Gasteiger partial charge in [0, 0.05) is 36.3 Å². The number of aromatic nitrogens is 5. The molecule has 4 aromatic rings. The fourth-order valence-electron chi connectivity index (χ4n) is 4.46. The Hall–Kier alpha value is -3.06. The van der Waals surface area contributed by atoms with Crippen molar-refractivity contribution in [1.82, 2.24) is 29.4 Å². The first-order valence-corrected chi connectivity index (χ1v) is 10.5. The molecule has 154 valence electrons. The number of anilines is 1. The van der Waals surface area contributed by atoms with Gasteiger partial charge in [-0.1, -0.05) is 6.07 Å². The van der Waals surface area contributed by atoms with Crippen molar-refractivity contribution in [2.45, 2.75) is 37.8 Å². The van der Waals surface area contributed by atoms with Gasteiger partial charge < -0.3 is 14.8 Å². The molecule has 1 N–H and O–H groups in total. The number of imidazole rings is 1. The fraction of sp³-hybridized carbons (Fsp3) is 0.391. The number of aryl methyl sites for hydroxylation is 1. The minimum absolute atomic E-state index is 0.453. The van der Waals surface area contributed by atoms with E-state index in [1.807, 2.05) is 17.8 Å². The van der Waals surface area contributed by atoms with Crippen LogP contribution in [0.15, 0.2) is 43.1 Å². The highest BCUT2D eigenvalue weighted by Crippen LogP contribution is 2.30. The van der Waals surface area contributed by atoms with Crippen molar-refractivity contribution in [3.63, 3.8) is 0 Å². The molecular formula is C23H27N7. The van der Waals surface area contributed by atoms with Gasteiger partial charge in [0.25, 0.3) is 0 Å². The maximum atomic E-state index is 4.58. The average molecular weight is 402 g/mol. The lowest BCUT2D eigenvalue weighted by atomic mass is 9.90. The molecule has 7 nitrogen and oxygen atoms in total. The zero-order valence-corrected chi connectivity index (χ0v) is 17.7. The van der Waals surface area contributed by atoms with Crippen LogP contribution in [0.3, 0.4) is 0 Å². The molecule has 0 saturated heterocycles. The van der Waals surface area contributed by atoms with E-state index in [-0.39, 0.29) is 0 Å². The van der Waals surface area contributed by atoms with Crippen LogP contribution in [0.4, 0.5) is 5.82 Å². The quantitative estimate of drug-likeness (QED) is 0.560. The van der Waals surface area contributed by atoms with E-state index in [1.54, 1.807) is 12.7 Å². The SMILES string of the molecule is Cn1cnc2cc(-c3ccc4ncnc(N[C@H]5CC[C@H](N(C)C)CC5)c4c3)cnc21. The van der Waals surface area contributed by atoms with Crippen LogP contribution in [-0.2, 0) is 7.05 Å². The molecule has 30 heavy (non-hydrogen) atoms. The minimum atomic E-state index is 0.453. The molecule has 0 radical (unpaired) electrons. The van der Waals surface area contributed by atoms with Crippen molar-refractivity contribution in [3.05, 3.63) is 43.1 Å². The van der Waals surface area contributed by atoms with E-state index < -0.39 is 0 Å². The second-order valence-electron chi connectivity index (χ2n) is 8.49. The summed E-state index contributed by atoms with van der Waals surface area (Å²) in [7, 11) is 6.31. The molecule has 0 amide bonds. The lowest BCUT2D eigenvalue weighted by molar-refractivity contribution is 0.221. The predicted octanol–water partition coefficient (Wildman–Crippen LogP) is 3.86. The molecule has 0 unspecified atom stereocenters. The molecule has 5 rings (SSSR count). The number of rotatable bonds is 4. The number of fused-ring (bicyclic) bond motifs is 2. The average Bonchev–Trinajstić information content (AvgIpc) is 3.14. The summed E-state index contributed by atoms with van der Waals surface area (Å²) in [5.41, 5.74) is 4.88. The molecule has 1 aliphatic carbocycles. The monoisotopic (exact) mass is 401 g/mol. The van der Waals surface area contributed by atoms with Gasteiger partial charge in [-0.05, 0) is 63.5 Å². The highest BCUT2D eigenvalue weighted by molar-refractivity contribution is 5.93. The molecule has 0 aliphatic heterocycles. The van der Waals surface area contributed by atoms with Crippen LogP contribution in [0.25, 0.3) is 33.2 Å². The second kappa shape index (κ2) is 7.65. The van der Waals surface area contributed by atoms with Crippen molar-refractivity contribution in [3.8, 4) is 11.1 Å². The second-order valence-corrected chi connectivity index (χ2v) is 8.49. The molecule has 0 bridgehead atoms. The third-order valence-electron chi connectivity index (χ3n) is 6.29. The van der Waals surface area contributed by atoms with Gasteiger partial charge in [-0.3, -0.25) is 0 Å². The van der Waals surface area contributed by atoms with Crippen LogP contribution in [-0.4, -0.2) is 55.6 Å². The van der Waals surface area contributed by atoms with Gasteiger partial charge in [-0.25, -0.2) is 19.9 Å². The van der Waals surface area contributed by atoms with Crippen LogP contribution in [0.1, 0.15) is 25.7 Å². The smallest absolute Gasteiger partial charge is 0.159 e. The Morgan fingerprint density at radius 1 is 0.933 bits per heavy atom. The Bertz CT molecular complexity index is 1190. The van der Waals surface area contributed by atoms with E-state index in [1.165, 1.54) is 12.8 Å². The minimum Gasteiger partial charge on any atom is -0.367 e. The van der Waals surface area contributed by atoms with Crippen LogP contribution >= 0.6 is 0 Å². The van der Waals surface area contributed by atoms with Crippen molar-refractivity contribution < 1.29 is 0 Å². The summed E-state index contributed by atoms with van der Waals surface area (Å²) < 4.78 is 1.93. The lowest BCUT2D eigenvalue weighted by Gasteiger charge is -2.33. The Morgan fingerprint density at radius 2 is 1.77 bits per heavy atom. The molecule has 7 heteroatoms. The number of benzene rings is 1. The Kier molecular flexibility index (Phi) is 4.83. The van der Waals surface area contributed by atoms with Crippen molar-refractivity contribution in [2.24, 2.45) is 7.05 Å². The fourth-order valence-corrected chi connectivity index (χ4v) is 4.46. The molecule has 3 aromatic heterocycles. The van der Waals surface area contributed by atoms with E-state index in [0.29, 0.717) is 12.1 Å². The number of pyridine rings is 1. The van der Waals surface area contributed by atoms with Crippen molar-refractivity contribution in [1.29, 1.82) is 0 Å². The number of hydrogen-bond acceptors (Lipinski definition) is 6. The van der Waals surface area contributed by atoms with E-state index in [9.17, 15) is 0 Å². The Morgan fingerprint density at radius 3 is 2.57 bits per heavy atom. The van der Waals surface area contributed by atoms with Crippen molar-refractivity contribution >= 4 is 27.9 Å². The Balaban J connectivity index is 1.45. The molecule has 1 aliphatic rings. The van der Waals surface area contributed by atoms with Crippen LogP contribution in [0.2, 0.25) is 0 Å². The van der Waals surface area contributed by atoms with Gasteiger partial charge in [0.1, 0.15) is 17.7 Å². The molecular weight excluding hydrogens is 374 g/mol. The molecule has 1 saturated carbocycles. The number of nitrogens with one attached hydrogen (secondary N) is 1. The zero-order valence-electron chi connectivity index (χ0n) is 17.7. The topological polar surface area (TPSA) is 71.8 Å². The summed E-state index contributed by atoms with van der Waals surface area (Å²) in [6.07, 6.45) is 10.1. The molecule has 1 aromatic carbocycles. The lowest BCUT2D eigenvalue weighted by Crippen LogP contribution is -2.36. The van der Waals surface area contributed by atoms with Gasteiger partial charge >= 0.3 is 0 Å². The largest absolute Gasteiger partial charge is 0.367 e. The summed E-state index contributed by atoms with van der Waals surface area (Å²) in [4.78, 5) is 20.4. The maximum absolute atomic E-state index is 4.58. The first-order valence-electron chi connectivity index (χ1n) is 10.5. The van der Waals surface area contributed by atoms with Gasteiger partial charge in [-0.15, -0.1) is 0 Å². The summed E-state index contributed by atoms with van der Waals surface area (Å²) in [5.74, 6) is 0.919. The molecule has 1 fully saturated rings. The van der Waals surface area contributed by atoms with Crippen LogP contribution in [0, 0.1) is 0 Å². The van der Waals surface area contributed by atoms with Crippen LogP contribution in [0.5, 0.6) is 0 Å². The van der Waals surface area contributed by atoms with Gasteiger partial charge in [-0.2, -0.15) is 0 Å². The Labute approximate surface area is 176 Å². The van der Waals surface area contributed by atoms with E-state index in [2.05, 4.69) is 68.5 Å². The van der Waals surface area contributed by atoms with E-state index >= 15 is 0 Å².